The second kappa shape index (κ2) is 7.78. The maximum atomic E-state index is 13.1. The summed E-state index contributed by atoms with van der Waals surface area (Å²) in [7, 11) is 0. The molecule has 1 atom stereocenters. The van der Waals surface area contributed by atoms with Crippen LogP contribution < -0.4 is 5.32 Å². The van der Waals surface area contributed by atoms with Gasteiger partial charge in [0.25, 0.3) is 0 Å². The van der Waals surface area contributed by atoms with Crippen LogP contribution in [0.2, 0.25) is 0 Å². The molecule has 2 aliphatic heterocycles. The van der Waals surface area contributed by atoms with Gasteiger partial charge >= 0.3 is 0 Å². The van der Waals surface area contributed by atoms with Gasteiger partial charge in [-0.05, 0) is 44.2 Å². The van der Waals surface area contributed by atoms with Crippen molar-refractivity contribution in [1.82, 2.24) is 15.1 Å². The largest absolute Gasteiger partial charge is 0.342 e. The van der Waals surface area contributed by atoms with Gasteiger partial charge in [-0.25, -0.2) is 0 Å². The summed E-state index contributed by atoms with van der Waals surface area (Å²) in [5.74, 6) is 0.795. The highest BCUT2D eigenvalue weighted by Gasteiger charge is 2.38. The van der Waals surface area contributed by atoms with Crippen LogP contribution in [0.3, 0.4) is 0 Å². The Morgan fingerprint density at radius 1 is 1.00 bits per heavy atom. The smallest absolute Gasteiger partial charge is 0.227 e. The summed E-state index contributed by atoms with van der Waals surface area (Å²) in [6.07, 6.45) is 4.82. The van der Waals surface area contributed by atoms with Crippen molar-refractivity contribution in [3.05, 3.63) is 35.9 Å². The first-order valence-corrected chi connectivity index (χ1v) is 10.1. The van der Waals surface area contributed by atoms with Gasteiger partial charge in [-0.1, -0.05) is 30.3 Å². The number of rotatable bonds is 5. The monoisotopic (exact) mass is 355 g/mol. The Labute approximate surface area is 155 Å². The minimum Gasteiger partial charge on any atom is -0.342 e. The Kier molecular flexibility index (Phi) is 5.25. The van der Waals surface area contributed by atoms with Gasteiger partial charge in [0, 0.05) is 38.1 Å². The molecule has 1 saturated carbocycles. The lowest BCUT2D eigenvalue weighted by Gasteiger charge is -2.35. The topological polar surface area (TPSA) is 52.7 Å². The van der Waals surface area contributed by atoms with Crippen LogP contribution in [0.15, 0.2) is 30.3 Å². The second-order valence-electron chi connectivity index (χ2n) is 7.97. The number of nitrogens with zero attached hydrogens (tertiary/aromatic N) is 2. The zero-order chi connectivity index (χ0) is 17.9. The van der Waals surface area contributed by atoms with E-state index in [0.29, 0.717) is 11.9 Å². The third-order valence-electron chi connectivity index (χ3n) is 6.03. The number of carbonyl (C=O) groups excluding carboxylic acids is 2. The molecule has 1 aromatic rings. The molecule has 0 spiro atoms. The van der Waals surface area contributed by atoms with E-state index in [1.54, 1.807) is 0 Å². The minimum atomic E-state index is 0.0741. The average molecular weight is 355 g/mol. The highest BCUT2D eigenvalue weighted by molar-refractivity contribution is 5.81. The van der Waals surface area contributed by atoms with Gasteiger partial charge in [0.05, 0.1) is 5.92 Å². The maximum absolute atomic E-state index is 13.1. The molecule has 0 aromatic heterocycles. The molecule has 140 valence electrons. The van der Waals surface area contributed by atoms with Gasteiger partial charge in [0.2, 0.25) is 11.8 Å². The Hall–Kier alpha value is -1.88. The van der Waals surface area contributed by atoms with Crippen LogP contribution in [-0.4, -0.2) is 53.8 Å². The number of piperidine rings is 1. The van der Waals surface area contributed by atoms with E-state index in [1.165, 1.54) is 5.56 Å². The Bertz CT molecular complexity index is 630. The normalized spacial score (nSPS) is 23.8. The predicted octanol–water partition coefficient (Wildman–Crippen LogP) is 2.03. The van der Waals surface area contributed by atoms with Crippen molar-refractivity contribution in [3.8, 4) is 0 Å². The van der Waals surface area contributed by atoms with Crippen molar-refractivity contribution < 1.29 is 9.59 Å². The van der Waals surface area contributed by atoms with Gasteiger partial charge in [-0.3, -0.25) is 9.59 Å². The fraction of sp³-hybridized carbons (Fsp3) is 0.619. The number of hydrogen-bond acceptors (Lipinski definition) is 3. The molecule has 26 heavy (non-hydrogen) atoms. The molecular formula is C21H29N3O2. The second-order valence-corrected chi connectivity index (χ2v) is 7.97. The van der Waals surface area contributed by atoms with Crippen molar-refractivity contribution in [3.63, 3.8) is 0 Å². The molecule has 2 heterocycles. The number of likely N-dealkylation sites (tertiary alicyclic amines) is 1. The molecule has 5 nitrogen and oxygen atoms in total. The zero-order valence-electron chi connectivity index (χ0n) is 15.4. The Morgan fingerprint density at radius 3 is 2.35 bits per heavy atom. The molecule has 2 amide bonds. The van der Waals surface area contributed by atoms with E-state index in [9.17, 15) is 9.59 Å². The molecule has 1 N–H and O–H groups in total. The molecular weight excluding hydrogens is 326 g/mol. The summed E-state index contributed by atoms with van der Waals surface area (Å²) in [5.41, 5.74) is 1.20. The molecule has 1 aliphatic carbocycles. The molecule has 5 heteroatoms. The number of carbonyl (C=O) groups is 2. The molecule has 2 saturated heterocycles. The first-order chi connectivity index (χ1) is 12.7. The highest BCUT2D eigenvalue weighted by atomic mass is 16.2. The fourth-order valence-corrected chi connectivity index (χ4v) is 4.26. The van der Waals surface area contributed by atoms with Crippen LogP contribution >= 0.6 is 0 Å². The van der Waals surface area contributed by atoms with Crippen LogP contribution in [0.25, 0.3) is 0 Å². The summed E-state index contributed by atoms with van der Waals surface area (Å²) in [4.78, 5) is 29.8. The van der Waals surface area contributed by atoms with E-state index in [2.05, 4.69) is 22.3 Å². The Balaban J connectivity index is 1.33. The first kappa shape index (κ1) is 17.5. The van der Waals surface area contributed by atoms with Crippen molar-refractivity contribution in [1.29, 1.82) is 0 Å². The molecule has 1 unspecified atom stereocenters. The van der Waals surface area contributed by atoms with Crippen molar-refractivity contribution in [2.75, 3.05) is 26.2 Å². The Morgan fingerprint density at radius 2 is 1.73 bits per heavy atom. The summed E-state index contributed by atoms with van der Waals surface area (Å²) in [6.45, 7) is 3.94. The summed E-state index contributed by atoms with van der Waals surface area (Å²) >= 11 is 0. The third-order valence-corrected chi connectivity index (χ3v) is 6.03. The van der Waals surface area contributed by atoms with E-state index in [4.69, 9.17) is 0 Å². The van der Waals surface area contributed by atoms with Gasteiger partial charge in [0.1, 0.15) is 0 Å². The third kappa shape index (κ3) is 3.93. The van der Waals surface area contributed by atoms with Crippen LogP contribution in [0.5, 0.6) is 0 Å². The number of amides is 2. The predicted molar refractivity (Wildman–Crippen MR) is 100 cm³/mol. The van der Waals surface area contributed by atoms with Crippen LogP contribution in [0.4, 0.5) is 0 Å². The van der Waals surface area contributed by atoms with Gasteiger partial charge in [-0.2, -0.15) is 0 Å². The van der Waals surface area contributed by atoms with E-state index >= 15 is 0 Å². The molecule has 0 radical (unpaired) electrons. The molecule has 0 bridgehead atoms. The quantitative estimate of drug-likeness (QED) is 0.879. The van der Waals surface area contributed by atoms with Crippen molar-refractivity contribution >= 4 is 11.8 Å². The summed E-state index contributed by atoms with van der Waals surface area (Å²) in [6, 6.07) is 10.7. The number of benzene rings is 1. The van der Waals surface area contributed by atoms with Crippen LogP contribution in [0, 0.1) is 11.8 Å². The standard InChI is InChI=1S/C21H29N3O2/c25-20(18-8-11-22-14-18)23-12-9-17(10-13-23)21(26)24(19-6-7-19)15-16-4-2-1-3-5-16/h1-5,17-19,22H,6-15H2. The lowest BCUT2D eigenvalue weighted by Crippen LogP contribution is -2.46. The highest BCUT2D eigenvalue weighted by Crippen LogP contribution is 2.32. The molecule has 4 rings (SSSR count). The van der Waals surface area contributed by atoms with E-state index < -0.39 is 0 Å². The molecule has 3 fully saturated rings. The van der Waals surface area contributed by atoms with Crippen molar-refractivity contribution in [2.24, 2.45) is 11.8 Å². The fourth-order valence-electron chi connectivity index (χ4n) is 4.26. The van der Waals surface area contributed by atoms with Gasteiger partial charge in [-0.15, -0.1) is 0 Å². The minimum absolute atomic E-state index is 0.0741. The number of nitrogens with one attached hydrogen (secondary N) is 1. The van der Waals surface area contributed by atoms with E-state index in [1.807, 2.05) is 23.1 Å². The van der Waals surface area contributed by atoms with E-state index in [-0.39, 0.29) is 17.7 Å². The lowest BCUT2D eigenvalue weighted by atomic mass is 9.93. The molecule has 3 aliphatic rings. The number of hydrogen-bond donors (Lipinski definition) is 1. The summed E-state index contributed by atoms with van der Waals surface area (Å²) in [5, 5.41) is 3.27. The van der Waals surface area contributed by atoms with Gasteiger partial charge < -0.3 is 15.1 Å². The first-order valence-electron chi connectivity index (χ1n) is 10.1. The SMILES string of the molecule is O=C(C1CCNC1)N1CCC(C(=O)N(Cc2ccccc2)C2CC2)CC1. The van der Waals surface area contributed by atoms with Gasteiger partial charge in [0.15, 0.2) is 0 Å². The van der Waals surface area contributed by atoms with Crippen LogP contribution in [-0.2, 0) is 16.1 Å². The lowest BCUT2D eigenvalue weighted by molar-refractivity contribution is -0.143. The maximum Gasteiger partial charge on any atom is 0.227 e. The zero-order valence-corrected chi connectivity index (χ0v) is 15.4. The molecule has 1 aromatic carbocycles. The van der Waals surface area contributed by atoms with E-state index in [0.717, 1.165) is 64.8 Å². The summed E-state index contributed by atoms with van der Waals surface area (Å²) < 4.78 is 0. The van der Waals surface area contributed by atoms with Crippen molar-refractivity contribution in [2.45, 2.75) is 44.7 Å². The average Bonchev–Trinajstić information content (AvgIpc) is 3.39. The van der Waals surface area contributed by atoms with Crippen LogP contribution in [0.1, 0.15) is 37.7 Å².